The number of esters is 1. The summed E-state index contributed by atoms with van der Waals surface area (Å²) in [6.45, 7) is 1.47. The van der Waals surface area contributed by atoms with Crippen LogP contribution in [0.4, 0.5) is 5.69 Å². The van der Waals surface area contributed by atoms with Crippen LogP contribution in [0, 0.1) is 0 Å². The van der Waals surface area contributed by atoms with Crippen LogP contribution in [-0.4, -0.2) is 34.9 Å². The summed E-state index contributed by atoms with van der Waals surface area (Å²) in [6, 6.07) is 15.9. The molecule has 0 aliphatic rings. The van der Waals surface area contributed by atoms with E-state index in [2.05, 4.69) is 10.4 Å². The van der Waals surface area contributed by atoms with Gasteiger partial charge in [-0.1, -0.05) is 35.9 Å². The fourth-order valence-corrected chi connectivity index (χ4v) is 2.63. The minimum Gasteiger partial charge on any atom is -0.493 e. The summed E-state index contributed by atoms with van der Waals surface area (Å²) >= 11 is 5.90. The second kappa shape index (κ2) is 8.58. The number of aromatic nitrogens is 2. The number of carbonyl (C=O) groups excluding carboxylic acids is 2. The number of amides is 1. The summed E-state index contributed by atoms with van der Waals surface area (Å²) in [5.74, 6) is -1.01. The average Bonchev–Trinajstić information content (AvgIpc) is 3.13. The second-order valence-electron chi connectivity index (χ2n) is 5.87. The number of nitrogens with zero attached hydrogens (tertiary/aromatic N) is 2. The van der Waals surface area contributed by atoms with Crippen molar-refractivity contribution in [1.82, 2.24) is 9.78 Å². The van der Waals surface area contributed by atoms with Crippen LogP contribution in [0.25, 0.3) is 5.69 Å². The first-order valence-corrected chi connectivity index (χ1v) is 8.82. The molecule has 0 spiro atoms. The molecule has 0 aliphatic heterocycles. The monoisotopic (exact) mass is 399 g/mol. The van der Waals surface area contributed by atoms with E-state index in [1.165, 1.54) is 18.7 Å². The molecule has 3 rings (SSSR count). The molecule has 7 nitrogen and oxygen atoms in total. The van der Waals surface area contributed by atoms with Gasteiger partial charge < -0.3 is 14.8 Å². The standard InChI is InChI=1S/C20H18ClN3O4/c1-13(19(25)22-15-8-6-7-14(21)11-15)28-20(26)18-17(27-2)12-24(23-18)16-9-4-3-5-10-16/h3-13H,1-2H3,(H,22,25). The molecule has 28 heavy (non-hydrogen) atoms. The van der Waals surface area contributed by atoms with Crippen molar-refractivity contribution in [2.45, 2.75) is 13.0 Å². The van der Waals surface area contributed by atoms with E-state index in [-0.39, 0.29) is 11.4 Å². The van der Waals surface area contributed by atoms with Gasteiger partial charge >= 0.3 is 5.97 Å². The summed E-state index contributed by atoms with van der Waals surface area (Å²) in [5.41, 5.74) is 1.24. The minimum atomic E-state index is -1.04. The van der Waals surface area contributed by atoms with E-state index in [0.717, 1.165) is 5.69 Å². The van der Waals surface area contributed by atoms with Gasteiger partial charge in [0.2, 0.25) is 5.69 Å². The molecule has 0 saturated heterocycles. The Hall–Kier alpha value is -3.32. The first-order chi connectivity index (χ1) is 13.5. The summed E-state index contributed by atoms with van der Waals surface area (Å²) in [5, 5.41) is 7.35. The van der Waals surface area contributed by atoms with Gasteiger partial charge in [0.15, 0.2) is 11.9 Å². The first kappa shape index (κ1) is 19.4. The summed E-state index contributed by atoms with van der Waals surface area (Å²) in [7, 11) is 1.43. The molecule has 2 aromatic carbocycles. The minimum absolute atomic E-state index is 0.0197. The number of hydrogen-bond acceptors (Lipinski definition) is 5. The molecule has 0 fully saturated rings. The van der Waals surface area contributed by atoms with Crippen molar-refractivity contribution in [3.63, 3.8) is 0 Å². The van der Waals surface area contributed by atoms with Gasteiger partial charge in [-0.05, 0) is 37.3 Å². The maximum atomic E-state index is 12.5. The third-order valence-electron chi connectivity index (χ3n) is 3.86. The summed E-state index contributed by atoms with van der Waals surface area (Å²) in [4.78, 5) is 24.8. The van der Waals surface area contributed by atoms with Crippen LogP contribution in [0.2, 0.25) is 5.02 Å². The van der Waals surface area contributed by atoms with Crippen molar-refractivity contribution in [2.24, 2.45) is 0 Å². The largest absolute Gasteiger partial charge is 0.493 e. The van der Waals surface area contributed by atoms with Gasteiger partial charge in [0, 0.05) is 10.7 Å². The predicted octanol–water partition coefficient (Wildman–Crippen LogP) is 3.72. The Morgan fingerprint density at radius 3 is 2.57 bits per heavy atom. The van der Waals surface area contributed by atoms with E-state index >= 15 is 0 Å². The molecule has 0 radical (unpaired) electrons. The molecular formula is C20H18ClN3O4. The highest BCUT2D eigenvalue weighted by molar-refractivity contribution is 6.30. The zero-order valence-corrected chi connectivity index (χ0v) is 16.0. The number of rotatable bonds is 6. The van der Waals surface area contributed by atoms with Crippen LogP contribution >= 0.6 is 11.6 Å². The Labute approximate surface area is 166 Å². The van der Waals surface area contributed by atoms with Crippen molar-refractivity contribution in [1.29, 1.82) is 0 Å². The number of anilines is 1. The van der Waals surface area contributed by atoms with Gasteiger partial charge in [0.05, 0.1) is 19.0 Å². The van der Waals surface area contributed by atoms with Crippen LogP contribution in [0.1, 0.15) is 17.4 Å². The predicted molar refractivity (Wildman–Crippen MR) is 105 cm³/mol. The van der Waals surface area contributed by atoms with Gasteiger partial charge in [-0.3, -0.25) is 4.79 Å². The van der Waals surface area contributed by atoms with E-state index in [4.69, 9.17) is 21.1 Å². The number of halogens is 1. The molecule has 1 heterocycles. The van der Waals surface area contributed by atoms with Gasteiger partial charge in [-0.2, -0.15) is 5.10 Å². The van der Waals surface area contributed by atoms with E-state index in [1.54, 1.807) is 30.5 Å². The number of methoxy groups -OCH3 is 1. The maximum Gasteiger partial charge on any atom is 0.363 e. The highest BCUT2D eigenvalue weighted by atomic mass is 35.5. The van der Waals surface area contributed by atoms with Crippen molar-refractivity contribution in [2.75, 3.05) is 12.4 Å². The Morgan fingerprint density at radius 1 is 1.14 bits per heavy atom. The molecule has 0 saturated carbocycles. The van der Waals surface area contributed by atoms with E-state index in [9.17, 15) is 9.59 Å². The lowest BCUT2D eigenvalue weighted by Crippen LogP contribution is -2.30. The van der Waals surface area contributed by atoms with Crippen LogP contribution in [0.5, 0.6) is 5.75 Å². The molecule has 0 aliphatic carbocycles. The number of benzene rings is 2. The fourth-order valence-electron chi connectivity index (χ4n) is 2.44. The molecule has 1 aromatic heterocycles. The van der Waals surface area contributed by atoms with Gasteiger partial charge in [0.25, 0.3) is 5.91 Å². The topological polar surface area (TPSA) is 82.5 Å². The number of carbonyl (C=O) groups is 2. The van der Waals surface area contributed by atoms with Crippen molar-refractivity contribution in [3.8, 4) is 11.4 Å². The van der Waals surface area contributed by atoms with Gasteiger partial charge in [-0.25, -0.2) is 9.48 Å². The number of hydrogen-bond donors (Lipinski definition) is 1. The van der Waals surface area contributed by atoms with E-state index < -0.39 is 18.0 Å². The smallest absolute Gasteiger partial charge is 0.363 e. The van der Waals surface area contributed by atoms with E-state index in [1.807, 2.05) is 30.3 Å². The van der Waals surface area contributed by atoms with E-state index in [0.29, 0.717) is 10.7 Å². The molecule has 144 valence electrons. The normalized spacial score (nSPS) is 11.5. The molecule has 1 amide bonds. The summed E-state index contributed by atoms with van der Waals surface area (Å²) in [6.07, 6.45) is 0.529. The third-order valence-corrected chi connectivity index (χ3v) is 4.09. The molecular weight excluding hydrogens is 382 g/mol. The zero-order valence-electron chi connectivity index (χ0n) is 15.3. The SMILES string of the molecule is COc1cn(-c2ccccc2)nc1C(=O)OC(C)C(=O)Nc1cccc(Cl)c1. The maximum absolute atomic E-state index is 12.5. The Bertz CT molecular complexity index is 988. The lowest BCUT2D eigenvalue weighted by Gasteiger charge is -2.13. The van der Waals surface area contributed by atoms with Crippen molar-refractivity contribution >= 4 is 29.2 Å². The lowest BCUT2D eigenvalue weighted by atomic mass is 10.3. The number of nitrogens with one attached hydrogen (secondary N) is 1. The Balaban J connectivity index is 1.71. The van der Waals surface area contributed by atoms with Crippen molar-refractivity contribution < 1.29 is 19.1 Å². The number of ether oxygens (including phenoxy) is 2. The highest BCUT2D eigenvalue weighted by Crippen LogP contribution is 2.21. The second-order valence-corrected chi connectivity index (χ2v) is 6.31. The van der Waals surface area contributed by atoms with Gasteiger partial charge in [-0.15, -0.1) is 0 Å². The summed E-state index contributed by atoms with van der Waals surface area (Å²) < 4.78 is 12.0. The van der Waals surface area contributed by atoms with Crippen LogP contribution in [-0.2, 0) is 9.53 Å². The average molecular weight is 400 g/mol. The number of para-hydroxylation sites is 1. The quantitative estimate of drug-likeness (QED) is 0.639. The molecule has 0 bridgehead atoms. The fraction of sp³-hybridized carbons (Fsp3) is 0.150. The Kier molecular flexibility index (Phi) is 5.96. The van der Waals surface area contributed by atoms with Crippen LogP contribution < -0.4 is 10.1 Å². The zero-order chi connectivity index (χ0) is 20.1. The van der Waals surface area contributed by atoms with Gasteiger partial charge in [0.1, 0.15) is 0 Å². The molecule has 1 N–H and O–H groups in total. The third kappa shape index (κ3) is 4.50. The van der Waals surface area contributed by atoms with Crippen molar-refractivity contribution in [3.05, 3.63) is 71.5 Å². The molecule has 8 heteroatoms. The van der Waals surface area contributed by atoms with Crippen LogP contribution in [0.15, 0.2) is 60.8 Å². The molecule has 1 atom stereocenters. The Morgan fingerprint density at radius 2 is 1.89 bits per heavy atom. The molecule has 1 unspecified atom stereocenters. The van der Waals surface area contributed by atoms with Crippen LogP contribution in [0.3, 0.4) is 0 Å². The lowest BCUT2D eigenvalue weighted by molar-refractivity contribution is -0.123. The first-order valence-electron chi connectivity index (χ1n) is 8.44. The molecule has 3 aromatic rings. The highest BCUT2D eigenvalue weighted by Gasteiger charge is 2.25.